The van der Waals surface area contributed by atoms with Crippen molar-refractivity contribution in [2.45, 2.75) is 19.3 Å². The van der Waals surface area contributed by atoms with Gasteiger partial charge in [-0.2, -0.15) is 5.10 Å². The number of hydrogen-bond acceptors (Lipinski definition) is 7. The van der Waals surface area contributed by atoms with E-state index in [-0.39, 0.29) is 5.92 Å². The molecule has 8 heteroatoms. The Bertz CT molecular complexity index is 1140. The van der Waals surface area contributed by atoms with Gasteiger partial charge in [0, 0.05) is 53.9 Å². The number of nitrogens with one attached hydrogen (secondary N) is 2. The number of aromatic amines is 1. The molecule has 140 valence electrons. The van der Waals surface area contributed by atoms with Crippen LogP contribution < -0.4 is 10.1 Å². The van der Waals surface area contributed by atoms with E-state index in [2.05, 4.69) is 42.4 Å². The van der Waals surface area contributed by atoms with E-state index in [1.165, 1.54) is 5.56 Å². The highest BCUT2D eigenvalue weighted by atomic mass is 16.5. The molecular formula is C20H19N7O. The molecule has 5 rings (SSSR count). The molecule has 1 atom stereocenters. The van der Waals surface area contributed by atoms with Crippen LogP contribution in [0.1, 0.15) is 24.1 Å². The van der Waals surface area contributed by atoms with Gasteiger partial charge in [-0.1, -0.05) is 6.92 Å². The quantitative estimate of drug-likeness (QED) is 0.554. The molecule has 0 amide bonds. The van der Waals surface area contributed by atoms with Gasteiger partial charge in [-0.15, -0.1) is 0 Å². The third-order valence-corrected chi connectivity index (χ3v) is 4.97. The first kappa shape index (κ1) is 16.6. The summed E-state index contributed by atoms with van der Waals surface area (Å²) < 4.78 is 5.78. The molecule has 0 fully saturated rings. The molecule has 0 spiro atoms. The minimum atomic E-state index is 0.261. The van der Waals surface area contributed by atoms with Crippen molar-refractivity contribution >= 4 is 16.9 Å². The monoisotopic (exact) mass is 373 g/mol. The molecule has 0 unspecified atom stereocenters. The van der Waals surface area contributed by atoms with Crippen molar-refractivity contribution in [1.82, 2.24) is 30.1 Å². The van der Waals surface area contributed by atoms with Gasteiger partial charge >= 0.3 is 0 Å². The molecule has 0 aromatic carbocycles. The van der Waals surface area contributed by atoms with Gasteiger partial charge in [0.05, 0.1) is 24.2 Å². The summed E-state index contributed by atoms with van der Waals surface area (Å²) in [4.78, 5) is 17.5. The van der Waals surface area contributed by atoms with Crippen molar-refractivity contribution in [1.29, 1.82) is 0 Å². The summed E-state index contributed by atoms with van der Waals surface area (Å²) >= 11 is 0. The van der Waals surface area contributed by atoms with E-state index in [1.807, 2.05) is 24.4 Å². The lowest BCUT2D eigenvalue weighted by Gasteiger charge is -2.16. The van der Waals surface area contributed by atoms with Crippen LogP contribution in [0.5, 0.6) is 5.75 Å². The Hall–Kier alpha value is -3.55. The molecule has 2 N–H and O–H groups in total. The highest BCUT2D eigenvalue weighted by Gasteiger charge is 2.20. The van der Waals surface area contributed by atoms with Crippen molar-refractivity contribution in [2.75, 3.05) is 18.5 Å². The predicted octanol–water partition coefficient (Wildman–Crippen LogP) is 2.96. The van der Waals surface area contributed by atoms with Gasteiger partial charge in [-0.05, 0) is 12.1 Å². The molecule has 1 aliphatic heterocycles. The summed E-state index contributed by atoms with van der Waals surface area (Å²) in [7, 11) is 0. The Morgan fingerprint density at radius 1 is 1.18 bits per heavy atom. The van der Waals surface area contributed by atoms with Crippen LogP contribution in [-0.2, 0) is 6.42 Å². The zero-order valence-electron chi connectivity index (χ0n) is 15.4. The molecule has 28 heavy (non-hydrogen) atoms. The summed E-state index contributed by atoms with van der Waals surface area (Å²) in [5.74, 6) is 1.98. The molecule has 5 heterocycles. The Morgan fingerprint density at radius 2 is 2.14 bits per heavy atom. The van der Waals surface area contributed by atoms with Crippen LogP contribution in [0.15, 0.2) is 43.1 Å². The number of rotatable bonds is 5. The average Bonchev–Trinajstić information content (AvgIpc) is 3.40. The Balaban J connectivity index is 1.34. The second kappa shape index (κ2) is 6.88. The standard InChI is InChI=1S/C20H19N7O/c1-12(15-2-4-21-16-3-5-28-19(15)16)8-22-18-7-17(24-11-25-18)13-6-14-10-26-27-20(14)23-9-13/h2,4,6-7,9-12H,3,5,8H2,1H3,(H,22,24,25)(H,23,26,27)/t12-/m1/s1. The van der Waals surface area contributed by atoms with E-state index in [4.69, 9.17) is 4.74 Å². The van der Waals surface area contributed by atoms with Crippen molar-refractivity contribution in [3.63, 3.8) is 0 Å². The van der Waals surface area contributed by atoms with Crippen LogP contribution in [-0.4, -0.2) is 43.3 Å². The third-order valence-electron chi connectivity index (χ3n) is 4.97. The first-order valence-corrected chi connectivity index (χ1v) is 9.24. The number of hydrogen-bond donors (Lipinski definition) is 2. The second-order valence-corrected chi connectivity index (χ2v) is 6.88. The lowest BCUT2D eigenvalue weighted by Crippen LogP contribution is -2.12. The molecule has 4 aromatic heterocycles. The highest BCUT2D eigenvalue weighted by molar-refractivity contribution is 5.79. The minimum absolute atomic E-state index is 0.261. The van der Waals surface area contributed by atoms with Crippen molar-refractivity contribution in [3.05, 3.63) is 54.4 Å². The Labute approximate surface area is 161 Å². The van der Waals surface area contributed by atoms with Crippen molar-refractivity contribution in [2.24, 2.45) is 0 Å². The molecule has 1 aliphatic rings. The van der Waals surface area contributed by atoms with Crippen molar-refractivity contribution < 1.29 is 4.74 Å². The van der Waals surface area contributed by atoms with Gasteiger partial charge < -0.3 is 10.1 Å². The van der Waals surface area contributed by atoms with Gasteiger partial charge in [-0.25, -0.2) is 15.0 Å². The maximum Gasteiger partial charge on any atom is 0.155 e. The van der Waals surface area contributed by atoms with E-state index < -0.39 is 0 Å². The lowest BCUT2D eigenvalue weighted by atomic mass is 10.00. The topological polar surface area (TPSA) is 102 Å². The maximum absolute atomic E-state index is 5.78. The maximum atomic E-state index is 5.78. The van der Waals surface area contributed by atoms with E-state index in [0.29, 0.717) is 6.61 Å². The normalized spacial score (nSPS) is 13.9. The third kappa shape index (κ3) is 3.02. The van der Waals surface area contributed by atoms with Crippen LogP contribution in [0, 0.1) is 0 Å². The van der Waals surface area contributed by atoms with Gasteiger partial charge in [0.2, 0.25) is 0 Å². The Kier molecular flexibility index (Phi) is 4.08. The predicted molar refractivity (Wildman–Crippen MR) is 105 cm³/mol. The first-order chi connectivity index (χ1) is 13.8. The number of ether oxygens (including phenoxy) is 1. The van der Waals surface area contributed by atoms with E-state index >= 15 is 0 Å². The summed E-state index contributed by atoms with van der Waals surface area (Å²) in [5.41, 5.74) is 4.73. The fraction of sp³-hybridized carbons (Fsp3) is 0.250. The highest BCUT2D eigenvalue weighted by Crippen LogP contribution is 2.33. The van der Waals surface area contributed by atoms with Crippen molar-refractivity contribution in [3.8, 4) is 17.0 Å². The Morgan fingerprint density at radius 3 is 3.11 bits per heavy atom. The minimum Gasteiger partial charge on any atom is -0.491 e. The van der Waals surface area contributed by atoms with E-state index in [1.54, 1.807) is 18.7 Å². The van der Waals surface area contributed by atoms with Gasteiger partial charge in [0.15, 0.2) is 5.65 Å². The van der Waals surface area contributed by atoms with Gasteiger partial charge in [0.1, 0.15) is 17.9 Å². The van der Waals surface area contributed by atoms with Crippen LogP contribution in [0.4, 0.5) is 5.82 Å². The molecule has 0 radical (unpaired) electrons. The average molecular weight is 373 g/mol. The summed E-state index contributed by atoms with van der Waals surface area (Å²) in [6.07, 6.45) is 7.85. The smallest absolute Gasteiger partial charge is 0.155 e. The largest absolute Gasteiger partial charge is 0.491 e. The van der Waals surface area contributed by atoms with E-state index in [0.717, 1.165) is 52.5 Å². The van der Waals surface area contributed by atoms with E-state index in [9.17, 15) is 0 Å². The van der Waals surface area contributed by atoms with Gasteiger partial charge in [0.25, 0.3) is 0 Å². The molecule has 0 saturated carbocycles. The van der Waals surface area contributed by atoms with Crippen LogP contribution in [0.2, 0.25) is 0 Å². The number of H-pyrrole nitrogens is 1. The summed E-state index contributed by atoms with van der Waals surface area (Å²) in [6.45, 7) is 3.61. The number of fused-ring (bicyclic) bond motifs is 2. The van der Waals surface area contributed by atoms with Crippen LogP contribution >= 0.6 is 0 Å². The molecule has 0 aliphatic carbocycles. The summed E-state index contributed by atoms with van der Waals surface area (Å²) in [5, 5.41) is 11.2. The number of nitrogens with zero attached hydrogens (tertiary/aromatic N) is 5. The number of aromatic nitrogens is 6. The van der Waals surface area contributed by atoms with Gasteiger partial charge in [-0.3, -0.25) is 10.1 Å². The fourth-order valence-corrected chi connectivity index (χ4v) is 3.45. The lowest BCUT2D eigenvalue weighted by molar-refractivity contribution is 0.352. The molecule has 8 nitrogen and oxygen atoms in total. The second-order valence-electron chi connectivity index (χ2n) is 6.88. The number of pyridine rings is 2. The zero-order chi connectivity index (χ0) is 18.9. The summed E-state index contributed by atoms with van der Waals surface area (Å²) in [6, 6.07) is 5.98. The molecule has 4 aromatic rings. The zero-order valence-corrected chi connectivity index (χ0v) is 15.4. The van der Waals surface area contributed by atoms with Crippen LogP contribution in [0.25, 0.3) is 22.3 Å². The SMILES string of the molecule is C[C@H](CNc1cc(-c2cnc3[nH]ncc3c2)ncn1)c1ccnc2c1OCC2. The van der Waals surface area contributed by atoms with Crippen LogP contribution in [0.3, 0.4) is 0 Å². The molecular weight excluding hydrogens is 354 g/mol. The number of anilines is 1. The fourth-order valence-electron chi connectivity index (χ4n) is 3.45. The molecule has 0 saturated heterocycles. The molecule has 0 bridgehead atoms. The first-order valence-electron chi connectivity index (χ1n) is 9.24.